The summed E-state index contributed by atoms with van der Waals surface area (Å²) in [5.74, 6) is -0.807. The highest BCUT2D eigenvalue weighted by Crippen LogP contribution is 2.27. The van der Waals surface area contributed by atoms with E-state index in [0.29, 0.717) is 6.42 Å². The zero-order chi connectivity index (χ0) is 20.4. The number of rotatable bonds is 4. The largest absolute Gasteiger partial charge is 0.478 e. The van der Waals surface area contributed by atoms with Gasteiger partial charge in [0.05, 0.1) is 5.56 Å². The van der Waals surface area contributed by atoms with Gasteiger partial charge < -0.3 is 5.11 Å². The van der Waals surface area contributed by atoms with Crippen molar-refractivity contribution in [2.75, 3.05) is 0 Å². The summed E-state index contributed by atoms with van der Waals surface area (Å²) >= 11 is 0. The first-order valence-electron chi connectivity index (χ1n) is 9.46. The minimum absolute atomic E-state index is 0.119. The van der Waals surface area contributed by atoms with E-state index < -0.39 is 5.97 Å². The van der Waals surface area contributed by atoms with Crippen LogP contribution in [-0.4, -0.2) is 16.9 Å². The van der Waals surface area contributed by atoms with Crippen molar-refractivity contribution in [3.8, 4) is 11.1 Å². The molecule has 29 heavy (non-hydrogen) atoms. The molecule has 0 heterocycles. The maximum atomic E-state index is 12.5. The Morgan fingerprint density at radius 3 is 2.24 bits per heavy atom. The van der Waals surface area contributed by atoms with Crippen LogP contribution in [0.5, 0.6) is 0 Å². The van der Waals surface area contributed by atoms with E-state index in [1.54, 1.807) is 12.1 Å². The zero-order valence-electron chi connectivity index (χ0n) is 16.1. The molecule has 0 atom stereocenters. The second-order valence-electron chi connectivity index (χ2n) is 7.22. The van der Waals surface area contributed by atoms with Gasteiger partial charge in [-0.3, -0.25) is 4.79 Å². The van der Waals surface area contributed by atoms with Crippen molar-refractivity contribution in [1.29, 1.82) is 0 Å². The van der Waals surface area contributed by atoms with E-state index in [1.807, 2.05) is 79.7 Å². The lowest BCUT2D eigenvalue weighted by atomic mass is 10.0. The van der Waals surface area contributed by atoms with E-state index in [0.717, 1.165) is 39.0 Å². The second kappa shape index (κ2) is 7.72. The van der Waals surface area contributed by atoms with Gasteiger partial charge >= 0.3 is 5.97 Å². The quantitative estimate of drug-likeness (QED) is 0.587. The average Bonchev–Trinajstić information content (AvgIpc) is 3.04. The van der Waals surface area contributed by atoms with Crippen molar-refractivity contribution in [3.63, 3.8) is 0 Å². The number of hydrogen-bond donors (Lipinski definition) is 1. The molecule has 1 N–H and O–H groups in total. The summed E-state index contributed by atoms with van der Waals surface area (Å²) in [5, 5.41) is 8.99. The zero-order valence-corrected chi connectivity index (χ0v) is 16.1. The molecule has 3 aromatic rings. The van der Waals surface area contributed by atoms with Gasteiger partial charge in [-0.2, -0.15) is 0 Å². The molecule has 0 spiro atoms. The lowest BCUT2D eigenvalue weighted by Crippen LogP contribution is -1.95. The van der Waals surface area contributed by atoms with Crippen LogP contribution in [0, 0.1) is 6.92 Å². The van der Waals surface area contributed by atoms with Gasteiger partial charge in [-0.1, -0.05) is 72.3 Å². The van der Waals surface area contributed by atoms with Crippen molar-refractivity contribution in [1.82, 2.24) is 0 Å². The molecule has 0 saturated heterocycles. The Morgan fingerprint density at radius 2 is 1.59 bits per heavy atom. The molecule has 0 fully saturated rings. The summed E-state index contributed by atoms with van der Waals surface area (Å²) in [6.45, 7) is 2.00. The number of Topliss-reactive ketones (excluding diaryl/α,β-unsaturated/α-hetero) is 1. The molecule has 142 valence electrons. The van der Waals surface area contributed by atoms with E-state index in [9.17, 15) is 9.59 Å². The normalized spacial score (nSPS) is 14.5. The van der Waals surface area contributed by atoms with Gasteiger partial charge in [0.25, 0.3) is 0 Å². The third-order valence-corrected chi connectivity index (χ3v) is 5.14. The first-order chi connectivity index (χ1) is 14.0. The van der Waals surface area contributed by atoms with Crippen LogP contribution in [-0.2, 0) is 6.42 Å². The van der Waals surface area contributed by atoms with E-state index in [4.69, 9.17) is 5.11 Å². The SMILES string of the molecule is Cc1ccc2c(c1)C(=O)/C(=C/C=C/c1ccc(-c3ccc(C(=O)O)cc3)cc1)C2. The number of hydrogen-bond acceptors (Lipinski definition) is 2. The third kappa shape index (κ3) is 3.94. The predicted octanol–water partition coefficient (Wildman–Crippen LogP) is 5.74. The lowest BCUT2D eigenvalue weighted by Gasteiger charge is -2.03. The molecule has 0 aliphatic heterocycles. The Morgan fingerprint density at radius 1 is 0.931 bits per heavy atom. The van der Waals surface area contributed by atoms with Gasteiger partial charge in [-0.05, 0) is 47.4 Å². The lowest BCUT2D eigenvalue weighted by molar-refractivity contribution is 0.0696. The molecule has 0 saturated carbocycles. The fourth-order valence-electron chi connectivity index (χ4n) is 3.52. The van der Waals surface area contributed by atoms with Crippen LogP contribution in [0.25, 0.3) is 17.2 Å². The molecule has 3 heteroatoms. The van der Waals surface area contributed by atoms with Crippen molar-refractivity contribution < 1.29 is 14.7 Å². The Bertz CT molecular complexity index is 1150. The van der Waals surface area contributed by atoms with Gasteiger partial charge in [0.1, 0.15) is 0 Å². The Balaban J connectivity index is 1.46. The van der Waals surface area contributed by atoms with Crippen LogP contribution in [0.1, 0.15) is 37.4 Å². The topological polar surface area (TPSA) is 54.4 Å². The summed E-state index contributed by atoms with van der Waals surface area (Å²) in [7, 11) is 0. The van der Waals surface area contributed by atoms with Gasteiger partial charge in [-0.25, -0.2) is 4.79 Å². The van der Waals surface area contributed by atoms with Crippen LogP contribution in [0.4, 0.5) is 0 Å². The number of carboxylic acid groups (broad SMARTS) is 1. The smallest absolute Gasteiger partial charge is 0.335 e. The maximum Gasteiger partial charge on any atom is 0.335 e. The third-order valence-electron chi connectivity index (χ3n) is 5.14. The summed E-state index contributed by atoms with van der Waals surface area (Å²) < 4.78 is 0. The molecule has 4 rings (SSSR count). The molecular formula is C26H20O3. The number of benzene rings is 3. The minimum Gasteiger partial charge on any atom is -0.478 e. The number of carbonyl (C=O) groups is 2. The first-order valence-corrected chi connectivity index (χ1v) is 9.46. The number of ketones is 1. The molecule has 3 nitrogen and oxygen atoms in total. The van der Waals surface area contributed by atoms with Gasteiger partial charge in [0.2, 0.25) is 0 Å². The molecular weight excluding hydrogens is 360 g/mol. The molecule has 3 aromatic carbocycles. The van der Waals surface area contributed by atoms with Crippen LogP contribution >= 0.6 is 0 Å². The van der Waals surface area contributed by atoms with Crippen molar-refractivity contribution in [3.05, 3.63) is 112 Å². The van der Waals surface area contributed by atoms with Gasteiger partial charge in [-0.15, -0.1) is 0 Å². The Hall–Kier alpha value is -3.72. The van der Waals surface area contributed by atoms with E-state index in [2.05, 4.69) is 0 Å². The van der Waals surface area contributed by atoms with Crippen LogP contribution in [0.3, 0.4) is 0 Å². The predicted molar refractivity (Wildman–Crippen MR) is 115 cm³/mol. The van der Waals surface area contributed by atoms with Crippen LogP contribution in [0.2, 0.25) is 0 Å². The van der Waals surface area contributed by atoms with Crippen LogP contribution < -0.4 is 0 Å². The van der Waals surface area contributed by atoms with Crippen LogP contribution in [0.15, 0.2) is 84.5 Å². The minimum atomic E-state index is -0.926. The molecule has 0 aromatic heterocycles. The first kappa shape index (κ1) is 18.6. The summed E-state index contributed by atoms with van der Waals surface area (Å²) in [6.07, 6.45) is 6.48. The Labute approximate surface area is 169 Å². The highest BCUT2D eigenvalue weighted by Gasteiger charge is 2.23. The molecule has 1 aliphatic carbocycles. The molecule has 0 bridgehead atoms. The summed E-state index contributed by atoms with van der Waals surface area (Å²) in [6, 6.07) is 20.9. The monoisotopic (exact) mass is 380 g/mol. The van der Waals surface area contributed by atoms with Gasteiger partial charge in [0.15, 0.2) is 5.78 Å². The van der Waals surface area contributed by atoms with E-state index in [1.165, 1.54) is 0 Å². The van der Waals surface area contributed by atoms with Gasteiger partial charge in [0, 0.05) is 17.6 Å². The number of carbonyl (C=O) groups excluding carboxylic acids is 1. The number of fused-ring (bicyclic) bond motifs is 1. The molecule has 0 unspecified atom stereocenters. The fraction of sp³-hybridized carbons (Fsp3) is 0.0769. The highest BCUT2D eigenvalue weighted by atomic mass is 16.4. The Kier molecular flexibility index (Phi) is 4.96. The van der Waals surface area contributed by atoms with E-state index in [-0.39, 0.29) is 11.3 Å². The molecule has 0 radical (unpaired) electrons. The number of aryl methyl sites for hydroxylation is 1. The second-order valence-corrected chi connectivity index (χ2v) is 7.22. The number of allylic oxidation sites excluding steroid dienone is 3. The van der Waals surface area contributed by atoms with Crippen molar-refractivity contribution in [2.45, 2.75) is 13.3 Å². The molecule has 0 amide bonds. The number of carboxylic acids is 1. The standard InChI is InChI=1S/C26H20O3/c1-17-5-8-22-16-23(25(27)24(22)15-17)4-2-3-18-6-9-19(10-7-18)20-11-13-21(14-12-20)26(28)29/h2-15H,16H2,1H3,(H,28,29)/b3-2+,23-4+. The summed E-state index contributed by atoms with van der Waals surface area (Å²) in [4.78, 5) is 23.5. The maximum absolute atomic E-state index is 12.5. The molecule has 1 aliphatic rings. The average molecular weight is 380 g/mol. The highest BCUT2D eigenvalue weighted by molar-refractivity contribution is 6.13. The van der Waals surface area contributed by atoms with E-state index >= 15 is 0 Å². The fourth-order valence-corrected chi connectivity index (χ4v) is 3.52. The van der Waals surface area contributed by atoms with Crippen molar-refractivity contribution >= 4 is 17.8 Å². The summed E-state index contributed by atoms with van der Waals surface area (Å²) in [5.41, 5.74) is 7.14. The van der Waals surface area contributed by atoms with Crippen molar-refractivity contribution in [2.24, 2.45) is 0 Å². The number of aromatic carboxylic acids is 1.